The van der Waals surface area contributed by atoms with Crippen LogP contribution in [-0.2, 0) is 6.42 Å². The molecule has 6 rings (SSSR count). The summed E-state index contributed by atoms with van der Waals surface area (Å²) in [4.78, 5) is 0. The molecule has 5 aromatic carbocycles. The fraction of sp³-hybridized carbons (Fsp3) is 0.0667. The van der Waals surface area contributed by atoms with Gasteiger partial charge in [-0.3, -0.25) is 0 Å². The van der Waals surface area contributed by atoms with Gasteiger partial charge < -0.3 is 17.7 Å². The minimum atomic E-state index is 0. The summed E-state index contributed by atoms with van der Waals surface area (Å²) in [7, 11) is 0. The maximum Gasteiger partial charge on any atom is 0.306 e. The number of para-hydroxylation sites is 1. The molecule has 0 atom stereocenters. The van der Waals surface area contributed by atoms with Crippen molar-refractivity contribution >= 4 is 43.7 Å². The van der Waals surface area contributed by atoms with Crippen molar-refractivity contribution in [1.82, 2.24) is 5.10 Å². The van der Waals surface area contributed by atoms with E-state index in [0.717, 1.165) is 27.9 Å². The molecule has 0 saturated heterocycles. The highest BCUT2D eigenvalue weighted by atomic mass is 35.5. The summed E-state index contributed by atoms with van der Waals surface area (Å²) >= 11 is 1.68. The maximum atomic E-state index is 5.03. The van der Waals surface area contributed by atoms with Gasteiger partial charge in [0, 0.05) is 22.9 Å². The van der Waals surface area contributed by atoms with Crippen LogP contribution >= 0.6 is 11.3 Å². The summed E-state index contributed by atoms with van der Waals surface area (Å²) in [5.41, 5.74) is 4.62. The number of nitrogens with one attached hydrogen (secondary N) is 1. The van der Waals surface area contributed by atoms with E-state index in [4.69, 9.17) is 5.10 Å². The van der Waals surface area contributed by atoms with Gasteiger partial charge in [-0.15, -0.1) is 0 Å². The maximum absolute atomic E-state index is 5.03. The highest BCUT2D eigenvalue weighted by Crippen LogP contribution is 2.39. The third-order valence-electron chi connectivity index (χ3n) is 6.18. The Morgan fingerprint density at radius 2 is 1.34 bits per heavy atom. The summed E-state index contributed by atoms with van der Waals surface area (Å²) in [6.45, 7) is 2.17. The van der Waals surface area contributed by atoms with Crippen molar-refractivity contribution in [2.45, 2.75) is 13.3 Å². The van der Waals surface area contributed by atoms with E-state index in [9.17, 15) is 0 Å². The monoisotopic (exact) mass is 493 g/mol. The zero-order valence-electron chi connectivity index (χ0n) is 19.3. The number of rotatable bonds is 5. The first-order valence-corrected chi connectivity index (χ1v) is 12.4. The lowest BCUT2D eigenvalue weighted by Gasteiger charge is -2.08. The lowest BCUT2D eigenvalue weighted by molar-refractivity contribution is -0.642. The molecular formula is C30H24ClN3S. The number of aryl methyl sites for hydroxylation is 1. The van der Waals surface area contributed by atoms with Crippen molar-refractivity contribution in [1.29, 1.82) is 0 Å². The van der Waals surface area contributed by atoms with Crippen LogP contribution in [0.3, 0.4) is 0 Å². The first-order valence-electron chi connectivity index (χ1n) is 11.6. The van der Waals surface area contributed by atoms with Crippen molar-refractivity contribution in [3.05, 3.63) is 115 Å². The molecule has 0 saturated carbocycles. The first kappa shape index (κ1) is 23.0. The van der Waals surface area contributed by atoms with E-state index in [1.54, 1.807) is 11.3 Å². The fourth-order valence-electron chi connectivity index (χ4n) is 4.43. The molecule has 35 heavy (non-hydrogen) atoms. The standard InChI is InChI=1S/C30H24N3S.ClH/c1-2-21-16-18-24(19-17-21)31-30-32-33(25-12-4-3-5-13-25)29(34-30)28-26-14-8-6-10-22(26)20-23-11-7-9-15-27(23)28;/h3-20H,2H2,1H3,(H,31,32);1H/q+1;/p-1. The largest absolute Gasteiger partial charge is 1.00 e. The Balaban J connectivity index is 0.00000253. The Bertz CT molecular complexity index is 1550. The third-order valence-corrected chi connectivity index (χ3v) is 7.12. The second-order valence-corrected chi connectivity index (χ2v) is 9.31. The minimum absolute atomic E-state index is 0. The van der Waals surface area contributed by atoms with E-state index in [1.807, 2.05) is 6.07 Å². The summed E-state index contributed by atoms with van der Waals surface area (Å²) in [5, 5.41) is 15.5. The molecule has 1 N–H and O–H groups in total. The second-order valence-electron chi connectivity index (χ2n) is 8.33. The lowest BCUT2D eigenvalue weighted by Crippen LogP contribution is -3.00. The van der Waals surface area contributed by atoms with Crippen LogP contribution in [0.1, 0.15) is 12.5 Å². The first-order chi connectivity index (χ1) is 16.8. The van der Waals surface area contributed by atoms with Gasteiger partial charge in [-0.1, -0.05) is 85.8 Å². The smallest absolute Gasteiger partial charge is 0.306 e. The number of hydrogen-bond acceptors (Lipinski definition) is 3. The van der Waals surface area contributed by atoms with Gasteiger partial charge in [0.15, 0.2) is 0 Å². The average Bonchev–Trinajstić information content (AvgIpc) is 3.31. The van der Waals surface area contributed by atoms with E-state index < -0.39 is 0 Å². The number of nitrogens with zero attached hydrogens (tertiary/aromatic N) is 2. The van der Waals surface area contributed by atoms with Crippen molar-refractivity contribution in [3.63, 3.8) is 0 Å². The molecule has 0 radical (unpaired) electrons. The Kier molecular flexibility index (Phi) is 6.49. The summed E-state index contributed by atoms with van der Waals surface area (Å²) < 4.78 is 2.07. The van der Waals surface area contributed by atoms with Crippen LogP contribution in [-0.4, -0.2) is 5.10 Å². The van der Waals surface area contributed by atoms with E-state index in [1.165, 1.54) is 32.7 Å². The topological polar surface area (TPSA) is 28.8 Å². The van der Waals surface area contributed by atoms with Gasteiger partial charge in [-0.05, 0) is 67.7 Å². The molecule has 0 aliphatic rings. The molecule has 3 nitrogen and oxygen atoms in total. The highest BCUT2D eigenvalue weighted by molar-refractivity contribution is 7.18. The highest BCUT2D eigenvalue weighted by Gasteiger charge is 2.27. The Morgan fingerprint density at radius 3 is 1.97 bits per heavy atom. The zero-order chi connectivity index (χ0) is 22.9. The normalized spacial score (nSPS) is 10.9. The van der Waals surface area contributed by atoms with Gasteiger partial charge in [0.25, 0.3) is 5.13 Å². The summed E-state index contributed by atoms with van der Waals surface area (Å²) in [5.74, 6) is 0. The van der Waals surface area contributed by atoms with Crippen molar-refractivity contribution < 1.29 is 17.1 Å². The predicted octanol–water partition coefficient (Wildman–Crippen LogP) is 4.70. The second kappa shape index (κ2) is 9.87. The number of aromatic nitrogens is 2. The van der Waals surface area contributed by atoms with Gasteiger partial charge >= 0.3 is 5.01 Å². The van der Waals surface area contributed by atoms with Gasteiger partial charge in [0.2, 0.25) is 5.69 Å². The molecule has 0 amide bonds. The minimum Gasteiger partial charge on any atom is -1.00 e. The SMILES string of the molecule is CCc1ccc(Nc2n[n+](-c3ccccc3)c(-c3c4ccccc4cc4ccccc34)s2)cc1.[Cl-]. The number of fused-ring (bicyclic) bond motifs is 2. The molecular weight excluding hydrogens is 470 g/mol. The van der Waals surface area contributed by atoms with E-state index in [2.05, 4.69) is 120 Å². The molecule has 0 bridgehead atoms. The van der Waals surface area contributed by atoms with Gasteiger partial charge in [-0.25, -0.2) is 0 Å². The average molecular weight is 494 g/mol. The molecule has 5 heteroatoms. The van der Waals surface area contributed by atoms with Crippen LogP contribution in [0, 0.1) is 0 Å². The van der Waals surface area contributed by atoms with E-state index >= 15 is 0 Å². The third kappa shape index (κ3) is 4.39. The number of halogens is 1. The van der Waals surface area contributed by atoms with Crippen LogP contribution in [0.25, 0.3) is 37.8 Å². The van der Waals surface area contributed by atoms with Crippen molar-refractivity contribution in [2.75, 3.05) is 5.32 Å². The molecule has 1 aromatic heterocycles. The molecule has 0 unspecified atom stereocenters. The van der Waals surface area contributed by atoms with E-state index in [0.29, 0.717) is 0 Å². The predicted molar refractivity (Wildman–Crippen MR) is 143 cm³/mol. The molecule has 0 aliphatic carbocycles. The number of hydrogen-bond donors (Lipinski definition) is 1. The molecule has 1 heterocycles. The zero-order valence-corrected chi connectivity index (χ0v) is 20.9. The van der Waals surface area contributed by atoms with Crippen LogP contribution < -0.4 is 22.4 Å². The van der Waals surface area contributed by atoms with Crippen molar-refractivity contribution in [3.8, 4) is 16.3 Å². The quantitative estimate of drug-likeness (QED) is 0.278. The van der Waals surface area contributed by atoms with Crippen LogP contribution in [0.5, 0.6) is 0 Å². The van der Waals surface area contributed by atoms with Gasteiger partial charge in [-0.2, -0.15) is 0 Å². The Morgan fingerprint density at radius 1 is 0.743 bits per heavy atom. The number of benzene rings is 5. The summed E-state index contributed by atoms with van der Waals surface area (Å²) in [6.07, 6.45) is 1.03. The van der Waals surface area contributed by atoms with Crippen LogP contribution in [0.4, 0.5) is 10.8 Å². The van der Waals surface area contributed by atoms with Gasteiger partial charge in [0.05, 0.1) is 5.56 Å². The molecule has 0 spiro atoms. The molecule has 172 valence electrons. The Labute approximate surface area is 215 Å². The summed E-state index contributed by atoms with van der Waals surface area (Å²) in [6, 6.07) is 38.5. The molecule has 0 aliphatic heterocycles. The lowest BCUT2D eigenvalue weighted by atomic mass is 9.97. The molecule has 6 aromatic rings. The van der Waals surface area contributed by atoms with Crippen LogP contribution in [0.2, 0.25) is 0 Å². The van der Waals surface area contributed by atoms with Gasteiger partial charge in [0.1, 0.15) is 0 Å². The Hall–Kier alpha value is -3.73. The van der Waals surface area contributed by atoms with Crippen molar-refractivity contribution in [2.24, 2.45) is 0 Å². The van der Waals surface area contributed by atoms with Crippen LogP contribution in [0.15, 0.2) is 109 Å². The molecule has 0 fully saturated rings. The number of anilines is 2. The van der Waals surface area contributed by atoms with E-state index in [-0.39, 0.29) is 12.4 Å². The fourth-order valence-corrected chi connectivity index (χ4v) is 5.46.